The molecule has 1 N–H and O–H groups in total. The van der Waals surface area contributed by atoms with Gasteiger partial charge in [-0.15, -0.1) is 0 Å². The number of aromatic nitrogens is 1. The fraction of sp³-hybridized carbons (Fsp3) is 0.450. The molecule has 144 valence electrons. The third-order valence-corrected chi connectivity index (χ3v) is 5.21. The zero-order valence-corrected chi connectivity index (χ0v) is 16.2. The van der Waals surface area contributed by atoms with Gasteiger partial charge in [0, 0.05) is 37.0 Å². The molecule has 0 unspecified atom stereocenters. The molecule has 3 rings (SSSR count). The highest BCUT2D eigenvalue weighted by molar-refractivity contribution is 6.31. The maximum Gasteiger partial charge on any atom is 0.306 e. The number of rotatable bonds is 6. The van der Waals surface area contributed by atoms with Gasteiger partial charge in [0.25, 0.3) is 5.91 Å². The molecule has 2 heterocycles. The number of nitrogens with zero attached hydrogens (tertiary/aromatic N) is 2. The van der Waals surface area contributed by atoms with Crippen LogP contribution in [-0.4, -0.2) is 43.6 Å². The summed E-state index contributed by atoms with van der Waals surface area (Å²) in [7, 11) is 1.52. The van der Waals surface area contributed by atoms with Gasteiger partial charge in [0.1, 0.15) is 5.82 Å². The van der Waals surface area contributed by atoms with Gasteiger partial charge in [0.2, 0.25) is 0 Å². The second-order valence-electron chi connectivity index (χ2n) is 6.81. The van der Waals surface area contributed by atoms with Crippen LogP contribution in [0.1, 0.15) is 25.7 Å². The lowest BCUT2D eigenvalue weighted by Gasteiger charge is -2.32. The average molecular weight is 390 g/mol. The molecule has 6 nitrogen and oxygen atoms in total. The number of hydrogen-bond donors (Lipinski definition) is 1. The third-order valence-electron chi connectivity index (χ3n) is 4.97. The number of anilines is 1. The Balaban J connectivity index is 1.47. The number of carbonyl (C=O) groups is 2. The molecule has 1 aromatic carbocycles. The molecule has 0 atom stereocenters. The van der Waals surface area contributed by atoms with Gasteiger partial charge < -0.3 is 15.0 Å². The SMILES string of the molecule is CNC(=O)COC(=O)CCC1CCN(c2ccc3cc(Cl)ccc3n2)CC1. The zero-order chi connectivity index (χ0) is 19.2. The number of hydrogen-bond acceptors (Lipinski definition) is 5. The van der Waals surface area contributed by atoms with E-state index in [0.29, 0.717) is 17.4 Å². The highest BCUT2D eigenvalue weighted by Gasteiger charge is 2.21. The monoisotopic (exact) mass is 389 g/mol. The predicted molar refractivity (Wildman–Crippen MR) is 106 cm³/mol. The number of amides is 1. The number of benzene rings is 1. The van der Waals surface area contributed by atoms with Crippen LogP contribution in [0.15, 0.2) is 30.3 Å². The number of nitrogens with one attached hydrogen (secondary N) is 1. The molecule has 0 radical (unpaired) electrons. The molecular formula is C20H24ClN3O3. The second-order valence-corrected chi connectivity index (χ2v) is 7.25. The van der Waals surface area contributed by atoms with Crippen molar-refractivity contribution in [3.8, 4) is 0 Å². The summed E-state index contributed by atoms with van der Waals surface area (Å²) in [6.45, 7) is 1.64. The molecule has 2 aromatic rings. The van der Waals surface area contributed by atoms with Crippen LogP contribution >= 0.6 is 11.6 Å². The lowest BCUT2D eigenvalue weighted by atomic mass is 9.92. The summed E-state index contributed by atoms with van der Waals surface area (Å²) in [6.07, 6.45) is 3.19. The Labute approximate surface area is 163 Å². The molecule has 1 aliphatic heterocycles. The van der Waals surface area contributed by atoms with E-state index in [2.05, 4.69) is 16.3 Å². The summed E-state index contributed by atoms with van der Waals surface area (Å²) >= 11 is 6.03. The Hall–Kier alpha value is -2.34. The normalized spacial score (nSPS) is 15.0. The van der Waals surface area contributed by atoms with Crippen molar-refractivity contribution in [2.75, 3.05) is 31.6 Å². The second kappa shape index (κ2) is 9.04. The number of likely N-dealkylation sites (N-methyl/N-ethyl adjacent to an activating group) is 1. The van der Waals surface area contributed by atoms with Crippen LogP contribution in [0.3, 0.4) is 0 Å². The molecular weight excluding hydrogens is 366 g/mol. The molecule has 1 aromatic heterocycles. The first kappa shape index (κ1) is 19.4. The standard InChI is InChI=1S/C20H24ClN3O3/c1-22-19(25)13-27-20(26)7-2-14-8-10-24(11-9-14)18-6-3-15-12-16(21)4-5-17(15)23-18/h3-6,12,14H,2,7-11,13H2,1H3,(H,22,25). The van der Waals surface area contributed by atoms with Crippen molar-refractivity contribution in [2.45, 2.75) is 25.7 Å². The number of esters is 1. The highest BCUT2D eigenvalue weighted by atomic mass is 35.5. The van der Waals surface area contributed by atoms with Crippen molar-refractivity contribution in [1.82, 2.24) is 10.3 Å². The van der Waals surface area contributed by atoms with E-state index < -0.39 is 0 Å². The lowest BCUT2D eigenvalue weighted by Crippen LogP contribution is -2.34. The highest BCUT2D eigenvalue weighted by Crippen LogP contribution is 2.27. The minimum Gasteiger partial charge on any atom is -0.456 e. The largest absolute Gasteiger partial charge is 0.456 e. The quantitative estimate of drug-likeness (QED) is 0.768. The maximum absolute atomic E-state index is 11.7. The molecule has 0 bridgehead atoms. The Morgan fingerprint density at radius 1 is 1.26 bits per heavy atom. The Morgan fingerprint density at radius 2 is 2.04 bits per heavy atom. The van der Waals surface area contributed by atoms with E-state index in [0.717, 1.165) is 49.1 Å². The zero-order valence-electron chi connectivity index (χ0n) is 15.4. The van der Waals surface area contributed by atoms with E-state index in [1.54, 1.807) is 0 Å². The van der Waals surface area contributed by atoms with Crippen LogP contribution in [-0.2, 0) is 14.3 Å². The van der Waals surface area contributed by atoms with Crippen molar-refractivity contribution in [3.63, 3.8) is 0 Å². The van der Waals surface area contributed by atoms with Crippen LogP contribution in [0.2, 0.25) is 5.02 Å². The first-order valence-electron chi connectivity index (χ1n) is 9.22. The number of piperidine rings is 1. The van der Waals surface area contributed by atoms with Gasteiger partial charge in [0.15, 0.2) is 6.61 Å². The van der Waals surface area contributed by atoms with E-state index in [-0.39, 0.29) is 18.5 Å². The van der Waals surface area contributed by atoms with Gasteiger partial charge >= 0.3 is 5.97 Å². The minimum atomic E-state index is -0.309. The first-order chi connectivity index (χ1) is 13.0. The topological polar surface area (TPSA) is 71.5 Å². The predicted octanol–water partition coefficient (Wildman–Crippen LogP) is 3.17. The third kappa shape index (κ3) is 5.32. The Bertz CT molecular complexity index is 819. The van der Waals surface area contributed by atoms with E-state index >= 15 is 0 Å². The minimum absolute atomic E-state index is 0.202. The number of halogens is 1. The molecule has 7 heteroatoms. The summed E-state index contributed by atoms with van der Waals surface area (Å²) in [4.78, 5) is 29.8. The molecule has 1 amide bonds. The Kier molecular flexibility index (Phi) is 6.50. The smallest absolute Gasteiger partial charge is 0.306 e. The molecule has 0 saturated carbocycles. The number of pyridine rings is 1. The number of carbonyl (C=O) groups excluding carboxylic acids is 2. The molecule has 1 aliphatic rings. The van der Waals surface area contributed by atoms with Gasteiger partial charge in [-0.05, 0) is 55.5 Å². The fourth-order valence-electron chi connectivity index (χ4n) is 3.32. The fourth-order valence-corrected chi connectivity index (χ4v) is 3.51. The lowest BCUT2D eigenvalue weighted by molar-refractivity contribution is -0.148. The van der Waals surface area contributed by atoms with Gasteiger partial charge in [-0.3, -0.25) is 9.59 Å². The van der Waals surface area contributed by atoms with Crippen LogP contribution in [0.5, 0.6) is 0 Å². The van der Waals surface area contributed by atoms with E-state index in [9.17, 15) is 9.59 Å². The molecule has 1 fully saturated rings. The van der Waals surface area contributed by atoms with Crippen LogP contribution in [0.25, 0.3) is 10.9 Å². The van der Waals surface area contributed by atoms with Crippen LogP contribution < -0.4 is 10.2 Å². The van der Waals surface area contributed by atoms with Crippen molar-refractivity contribution in [3.05, 3.63) is 35.4 Å². The summed E-state index contributed by atoms with van der Waals surface area (Å²) in [5.41, 5.74) is 0.942. The van der Waals surface area contributed by atoms with Gasteiger partial charge in [-0.1, -0.05) is 11.6 Å². The Morgan fingerprint density at radius 3 is 2.78 bits per heavy atom. The van der Waals surface area contributed by atoms with Crippen LogP contribution in [0, 0.1) is 5.92 Å². The van der Waals surface area contributed by atoms with Crippen molar-refractivity contribution in [2.24, 2.45) is 5.92 Å². The van der Waals surface area contributed by atoms with Gasteiger partial charge in [-0.25, -0.2) is 4.98 Å². The summed E-state index contributed by atoms with van der Waals surface area (Å²) in [6, 6.07) is 9.81. The summed E-state index contributed by atoms with van der Waals surface area (Å²) in [5, 5.41) is 4.18. The average Bonchev–Trinajstić information content (AvgIpc) is 2.70. The van der Waals surface area contributed by atoms with Crippen molar-refractivity contribution >= 4 is 40.2 Å². The molecule has 27 heavy (non-hydrogen) atoms. The van der Waals surface area contributed by atoms with E-state index in [4.69, 9.17) is 21.3 Å². The number of fused-ring (bicyclic) bond motifs is 1. The van der Waals surface area contributed by atoms with Gasteiger partial charge in [-0.2, -0.15) is 0 Å². The number of ether oxygens (including phenoxy) is 1. The first-order valence-corrected chi connectivity index (χ1v) is 9.60. The van der Waals surface area contributed by atoms with Crippen molar-refractivity contribution in [1.29, 1.82) is 0 Å². The summed E-state index contributed by atoms with van der Waals surface area (Å²) in [5.74, 6) is 0.874. The molecule has 0 aliphatic carbocycles. The molecule has 0 spiro atoms. The van der Waals surface area contributed by atoms with Gasteiger partial charge in [0.05, 0.1) is 5.52 Å². The van der Waals surface area contributed by atoms with Crippen LogP contribution in [0.4, 0.5) is 5.82 Å². The van der Waals surface area contributed by atoms with Crippen molar-refractivity contribution < 1.29 is 14.3 Å². The molecule has 1 saturated heterocycles. The maximum atomic E-state index is 11.7. The van der Waals surface area contributed by atoms with E-state index in [1.807, 2.05) is 24.3 Å². The van der Waals surface area contributed by atoms with E-state index in [1.165, 1.54) is 7.05 Å². The summed E-state index contributed by atoms with van der Waals surface area (Å²) < 4.78 is 4.94.